The van der Waals surface area contributed by atoms with Gasteiger partial charge in [0.1, 0.15) is 11.5 Å². The van der Waals surface area contributed by atoms with E-state index in [1.807, 2.05) is 12.1 Å². The number of hydrogen-bond acceptors (Lipinski definition) is 2. The fourth-order valence-electron chi connectivity index (χ4n) is 4.58. The lowest BCUT2D eigenvalue weighted by Gasteiger charge is -2.35. The van der Waals surface area contributed by atoms with Crippen LogP contribution in [-0.4, -0.2) is 10.2 Å². The summed E-state index contributed by atoms with van der Waals surface area (Å²) in [5.41, 5.74) is 6.15. The van der Waals surface area contributed by atoms with E-state index in [2.05, 4.69) is 80.4 Å². The molecule has 1 aliphatic carbocycles. The van der Waals surface area contributed by atoms with Crippen LogP contribution >= 0.6 is 31.9 Å². The lowest BCUT2D eigenvalue weighted by Crippen LogP contribution is -2.29. The Morgan fingerprint density at radius 3 is 1.34 bits per heavy atom. The summed E-state index contributed by atoms with van der Waals surface area (Å²) in [5, 5.41) is 20.1. The van der Waals surface area contributed by atoms with Gasteiger partial charge in [0.25, 0.3) is 0 Å². The van der Waals surface area contributed by atoms with E-state index >= 15 is 0 Å². The predicted octanol–water partition coefficient (Wildman–Crippen LogP) is 6.99. The predicted molar refractivity (Wildman–Crippen MR) is 122 cm³/mol. The summed E-state index contributed by atoms with van der Waals surface area (Å²) in [6, 6.07) is 27.7. The van der Waals surface area contributed by atoms with Crippen LogP contribution in [0.4, 0.5) is 0 Å². The van der Waals surface area contributed by atoms with E-state index in [4.69, 9.17) is 0 Å². The molecule has 4 heteroatoms. The van der Waals surface area contributed by atoms with Crippen molar-refractivity contribution in [3.63, 3.8) is 0 Å². The molecule has 0 spiro atoms. The van der Waals surface area contributed by atoms with E-state index in [1.54, 1.807) is 24.3 Å². The number of hydrogen-bond donors (Lipinski definition) is 2. The van der Waals surface area contributed by atoms with Gasteiger partial charge < -0.3 is 10.2 Å². The molecular weight excluding hydrogens is 492 g/mol. The van der Waals surface area contributed by atoms with E-state index in [-0.39, 0.29) is 11.5 Å². The van der Waals surface area contributed by atoms with Crippen LogP contribution in [-0.2, 0) is 5.41 Å². The second-order valence-corrected chi connectivity index (χ2v) is 8.88. The van der Waals surface area contributed by atoms with Gasteiger partial charge in [0, 0.05) is 8.95 Å². The quantitative estimate of drug-likeness (QED) is 0.270. The average Bonchev–Trinajstić information content (AvgIpc) is 3.00. The lowest BCUT2D eigenvalue weighted by molar-refractivity contribution is 0.474. The molecule has 0 fully saturated rings. The van der Waals surface area contributed by atoms with Crippen LogP contribution in [0.2, 0.25) is 0 Å². The largest absolute Gasteiger partial charge is 0.508 e. The molecule has 4 aromatic carbocycles. The first kappa shape index (κ1) is 18.5. The molecule has 0 amide bonds. The molecule has 4 aromatic rings. The first-order chi connectivity index (χ1) is 14.0. The van der Waals surface area contributed by atoms with E-state index in [0.717, 1.165) is 20.1 Å². The molecule has 0 saturated carbocycles. The number of rotatable bonds is 2. The zero-order valence-electron chi connectivity index (χ0n) is 15.2. The molecule has 2 nitrogen and oxygen atoms in total. The summed E-state index contributed by atoms with van der Waals surface area (Å²) in [6.07, 6.45) is 0. The van der Waals surface area contributed by atoms with Crippen LogP contribution in [0.3, 0.4) is 0 Å². The van der Waals surface area contributed by atoms with E-state index in [0.29, 0.717) is 0 Å². The SMILES string of the molecule is Oc1ccc(C2(c3ccc(O)cc3Br)c3ccccc3-c3ccccc32)c(Br)c1. The fraction of sp³-hybridized carbons (Fsp3) is 0.0400. The molecule has 142 valence electrons. The Hall–Kier alpha value is -2.56. The molecule has 2 N–H and O–H groups in total. The van der Waals surface area contributed by atoms with Gasteiger partial charge in [0.05, 0.1) is 5.41 Å². The summed E-state index contributed by atoms with van der Waals surface area (Å²) < 4.78 is 1.65. The van der Waals surface area contributed by atoms with Gasteiger partial charge >= 0.3 is 0 Å². The molecule has 29 heavy (non-hydrogen) atoms. The van der Waals surface area contributed by atoms with Crippen LogP contribution in [0.1, 0.15) is 22.3 Å². The Bertz CT molecular complexity index is 1160. The highest BCUT2D eigenvalue weighted by Crippen LogP contribution is 2.58. The van der Waals surface area contributed by atoms with Gasteiger partial charge in [0.2, 0.25) is 0 Å². The second kappa shape index (κ2) is 6.75. The molecule has 0 saturated heterocycles. The number of benzene rings is 4. The van der Waals surface area contributed by atoms with Crippen LogP contribution in [0.5, 0.6) is 11.5 Å². The lowest BCUT2D eigenvalue weighted by atomic mass is 9.67. The summed E-state index contributed by atoms with van der Waals surface area (Å²) in [5.74, 6) is 0.417. The minimum Gasteiger partial charge on any atom is -0.508 e. The maximum absolute atomic E-state index is 10.0. The average molecular weight is 508 g/mol. The van der Waals surface area contributed by atoms with Gasteiger partial charge in [-0.15, -0.1) is 0 Å². The molecule has 0 unspecified atom stereocenters. The molecule has 5 rings (SSSR count). The Kier molecular flexibility index (Phi) is 4.30. The summed E-state index contributed by atoms with van der Waals surface area (Å²) in [4.78, 5) is 0. The molecule has 0 atom stereocenters. The third kappa shape index (κ3) is 2.59. The molecule has 1 aliphatic rings. The molecule has 0 aliphatic heterocycles. The highest BCUT2D eigenvalue weighted by atomic mass is 79.9. The molecule has 0 aromatic heterocycles. The van der Waals surface area contributed by atoms with Crippen LogP contribution < -0.4 is 0 Å². The van der Waals surface area contributed by atoms with Crippen molar-refractivity contribution in [1.29, 1.82) is 0 Å². The monoisotopic (exact) mass is 506 g/mol. The van der Waals surface area contributed by atoms with E-state index in [9.17, 15) is 10.2 Å². The van der Waals surface area contributed by atoms with Crippen LogP contribution in [0, 0.1) is 0 Å². The summed E-state index contributed by atoms with van der Waals surface area (Å²) in [7, 11) is 0. The van der Waals surface area contributed by atoms with Crippen molar-refractivity contribution >= 4 is 31.9 Å². The second-order valence-electron chi connectivity index (χ2n) is 7.17. The Labute approximate surface area is 185 Å². The fourth-order valence-corrected chi connectivity index (χ4v) is 5.90. The maximum Gasteiger partial charge on any atom is 0.116 e. The van der Waals surface area contributed by atoms with Crippen LogP contribution in [0.25, 0.3) is 11.1 Å². The first-order valence-electron chi connectivity index (χ1n) is 9.21. The Morgan fingerprint density at radius 1 is 0.517 bits per heavy atom. The minimum atomic E-state index is -0.605. The number of halogens is 2. The van der Waals surface area contributed by atoms with Crippen molar-refractivity contribution in [1.82, 2.24) is 0 Å². The summed E-state index contributed by atoms with van der Waals surface area (Å²) in [6.45, 7) is 0. The highest BCUT2D eigenvalue weighted by Gasteiger charge is 2.47. The van der Waals surface area contributed by atoms with Gasteiger partial charge in [-0.05, 0) is 57.6 Å². The topological polar surface area (TPSA) is 40.5 Å². The van der Waals surface area contributed by atoms with E-state index in [1.165, 1.54) is 22.3 Å². The minimum absolute atomic E-state index is 0.208. The van der Waals surface area contributed by atoms with Crippen LogP contribution in [0.15, 0.2) is 93.9 Å². The number of phenolic OH excluding ortho intramolecular Hbond substituents is 2. The highest BCUT2D eigenvalue weighted by molar-refractivity contribution is 9.10. The normalized spacial score (nSPS) is 13.7. The maximum atomic E-state index is 10.0. The van der Waals surface area contributed by atoms with Gasteiger partial charge in [-0.1, -0.05) is 92.5 Å². The van der Waals surface area contributed by atoms with Gasteiger partial charge in [-0.3, -0.25) is 0 Å². The Morgan fingerprint density at radius 2 is 0.931 bits per heavy atom. The van der Waals surface area contributed by atoms with Gasteiger partial charge in [-0.25, -0.2) is 0 Å². The van der Waals surface area contributed by atoms with Crippen molar-refractivity contribution in [2.75, 3.05) is 0 Å². The van der Waals surface area contributed by atoms with Gasteiger partial charge in [0.15, 0.2) is 0 Å². The van der Waals surface area contributed by atoms with Crippen molar-refractivity contribution in [2.24, 2.45) is 0 Å². The van der Waals surface area contributed by atoms with Crippen molar-refractivity contribution in [3.8, 4) is 22.6 Å². The van der Waals surface area contributed by atoms with Crippen molar-refractivity contribution in [2.45, 2.75) is 5.41 Å². The molecule has 0 heterocycles. The third-order valence-corrected chi connectivity index (χ3v) is 6.98. The van der Waals surface area contributed by atoms with Crippen molar-refractivity contribution < 1.29 is 10.2 Å². The number of aromatic hydroxyl groups is 2. The zero-order chi connectivity index (χ0) is 20.2. The third-order valence-electron chi connectivity index (χ3n) is 5.67. The zero-order valence-corrected chi connectivity index (χ0v) is 18.4. The van der Waals surface area contributed by atoms with Gasteiger partial charge in [-0.2, -0.15) is 0 Å². The van der Waals surface area contributed by atoms with Crippen molar-refractivity contribution in [3.05, 3.63) is 116 Å². The smallest absolute Gasteiger partial charge is 0.116 e. The number of phenols is 2. The Balaban J connectivity index is 2.00. The molecular formula is C25H16Br2O2. The van der Waals surface area contributed by atoms with E-state index < -0.39 is 5.41 Å². The summed E-state index contributed by atoms with van der Waals surface area (Å²) >= 11 is 7.42. The molecule has 0 radical (unpaired) electrons. The number of fused-ring (bicyclic) bond motifs is 3. The standard InChI is InChI=1S/C25H16Br2O2/c26-23-13-15(28)9-11-21(23)25(22-12-10-16(29)14-24(22)27)19-7-3-1-5-17(19)18-6-2-4-8-20(18)25/h1-14,28-29H. The molecule has 0 bridgehead atoms. The first-order valence-corrected chi connectivity index (χ1v) is 10.8.